The number of carbonyl (C=O) groups excluding carboxylic acids is 1. The third-order valence-corrected chi connectivity index (χ3v) is 6.55. The molecule has 2 aliphatic rings. The molecule has 24 heavy (non-hydrogen) atoms. The zero-order valence-electron chi connectivity index (χ0n) is 14.0. The fourth-order valence-corrected chi connectivity index (χ4v) is 5.18. The molecule has 2 N–H and O–H groups in total. The monoisotopic (exact) mass is 345 g/mol. The van der Waals surface area contributed by atoms with Crippen molar-refractivity contribution in [2.45, 2.75) is 44.6 Å². The predicted molar refractivity (Wildman–Crippen MR) is 94.7 cm³/mol. The van der Waals surface area contributed by atoms with Gasteiger partial charge in [-0.05, 0) is 62.3 Å². The number of aryl methyl sites for hydroxylation is 2. The molecule has 1 aliphatic carbocycles. The fourth-order valence-electron chi connectivity index (χ4n) is 4.01. The molecule has 1 fully saturated rings. The highest BCUT2D eigenvalue weighted by Crippen LogP contribution is 2.30. The number of hydrogen-bond donors (Lipinski definition) is 2. The molecule has 0 saturated carbocycles. The lowest BCUT2D eigenvalue weighted by Crippen LogP contribution is -3.13. The summed E-state index contributed by atoms with van der Waals surface area (Å²) < 4.78 is 5.67. The number of fused-ring (bicyclic) bond motifs is 1. The lowest BCUT2D eigenvalue weighted by molar-refractivity contribution is -0.936. The van der Waals surface area contributed by atoms with Crippen LogP contribution in [0.3, 0.4) is 0 Å². The predicted octanol–water partition coefficient (Wildman–Crippen LogP) is 2.37. The van der Waals surface area contributed by atoms with Gasteiger partial charge >= 0.3 is 0 Å². The first-order valence-corrected chi connectivity index (χ1v) is 9.90. The van der Waals surface area contributed by atoms with E-state index in [4.69, 9.17) is 4.42 Å². The van der Waals surface area contributed by atoms with Gasteiger partial charge in [0.25, 0.3) is 5.91 Å². The second-order valence-corrected chi connectivity index (χ2v) is 8.05. The SMILES string of the molecule is O=C(NC[C@H](c1ccco1)[NH+]1CCCCC1)c1cc2c(s1)CCC2. The van der Waals surface area contributed by atoms with Crippen molar-refractivity contribution in [3.8, 4) is 0 Å². The molecule has 0 spiro atoms. The molecule has 1 saturated heterocycles. The van der Waals surface area contributed by atoms with Gasteiger partial charge in [-0.2, -0.15) is 0 Å². The topological polar surface area (TPSA) is 46.7 Å². The summed E-state index contributed by atoms with van der Waals surface area (Å²) in [4.78, 5) is 16.4. The summed E-state index contributed by atoms with van der Waals surface area (Å²) in [5.74, 6) is 1.06. The smallest absolute Gasteiger partial charge is 0.261 e. The van der Waals surface area contributed by atoms with E-state index in [0.717, 1.165) is 36.6 Å². The molecule has 3 heterocycles. The van der Waals surface area contributed by atoms with E-state index < -0.39 is 0 Å². The summed E-state index contributed by atoms with van der Waals surface area (Å²) in [7, 11) is 0. The molecule has 5 heteroatoms. The van der Waals surface area contributed by atoms with Gasteiger partial charge in [0.1, 0.15) is 0 Å². The molecule has 1 amide bonds. The minimum atomic E-state index is 0.0716. The van der Waals surface area contributed by atoms with Crippen molar-refractivity contribution in [2.75, 3.05) is 19.6 Å². The number of carbonyl (C=O) groups is 1. The van der Waals surface area contributed by atoms with E-state index in [1.54, 1.807) is 17.6 Å². The summed E-state index contributed by atoms with van der Waals surface area (Å²) in [5, 5.41) is 3.16. The summed E-state index contributed by atoms with van der Waals surface area (Å²) in [5.41, 5.74) is 1.38. The second-order valence-electron chi connectivity index (χ2n) is 6.91. The highest BCUT2D eigenvalue weighted by atomic mass is 32.1. The molecule has 4 nitrogen and oxygen atoms in total. The van der Waals surface area contributed by atoms with E-state index in [1.165, 1.54) is 41.0 Å². The van der Waals surface area contributed by atoms with Gasteiger partial charge in [0, 0.05) is 4.88 Å². The molecule has 0 aromatic carbocycles. The van der Waals surface area contributed by atoms with E-state index in [2.05, 4.69) is 11.4 Å². The normalized spacial score (nSPS) is 19.2. The largest absolute Gasteiger partial charge is 0.463 e. The van der Waals surface area contributed by atoms with Crippen molar-refractivity contribution in [3.63, 3.8) is 0 Å². The van der Waals surface area contributed by atoms with Crippen LogP contribution in [0.25, 0.3) is 0 Å². The molecule has 4 rings (SSSR count). The molecule has 0 unspecified atom stereocenters. The second kappa shape index (κ2) is 7.11. The van der Waals surface area contributed by atoms with Crippen LogP contribution in [0.1, 0.15) is 57.6 Å². The van der Waals surface area contributed by atoms with Gasteiger partial charge in [-0.25, -0.2) is 0 Å². The Bertz CT molecular complexity index is 665. The lowest BCUT2D eigenvalue weighted by atomic mass is 10.1. The molecule has 1 aliphatic heterocycles. The van der Waals surface area contributed by atoms with Crippen molar-refractivity contribution in [2.24, 2.45) is 0 Å². The maximum Gasteiger partial charge on any atom is 0.261 e. The van der Waals surface area contributed by atoms with Gasteiger partial charge in [0.05, 0.1) is 30.8 Å². The standard InChI is InChI=1S/C19H24N2O2S/c22-19(18-12-14-6-4-8-17(14)24-18)20-13-15(16-7-5-11-23-16)21-9-2-1-3-10-21/h5,7,11-12,15H,1-4,6,8-10,13H2,(H,20,22)/p+1/t15-/m1/s1. The van der Waals surface area contributed by atoms with E-state index in [9.17, 15) is 4.79 Å². The summed E-state index contributed by atoms with van der Waals surface area (Å²) in [6.07, 6.45) is 9.09. The third-order valence-electron chi connectivity index (χ3n) is 5.31. The summed E-state index contributed by atoms with van der Waals surface area (Å²) in [6.45, 7) is 2.97. The Hall–Kier alpha value is -1.59. The first kappa shape index (κ1) is 15.9. The maximum absolute atomic E-state index is 12.6. The molecule has 2 aromatic rings. The Labute approximate surface area is 146 Å². The van der Waals surface area contributed by atoms with Gasteiger partial charge in [0.15, 0.2) is 11.8 Å². The van der Waals surface area contributed by atoms with Crippen LogP contribution in [-0.2, 0) is 12.8 Å². The highest BCUT2D eigenvalue weighted by Gasteiger charge is 2.29. The zero-order valence-corrected chi connectivity index (χ0v) is 14.8. The van der Waals surface area contributed by atoms with Crippen LogP contribution in [0, 0.1) is 0 Å². The van der Waals surface area contributed by atoms with Crippen LogP contribution in [0.2, 0.25) is 0 Å². The van der Waals surface area contributed by atoms with Crippen molar-refractivity contribution in [3.05, 3.63) is 45.5 Å². The van der Waals surface area contributed by atoms with Crippen molar-refractivity contribution in [1.29, 1.82) is 0 Å². The third kappa shape index (κ3) is 3.28. The molecule has 1 atom stereocenters. The highest BCUT2D eigenvalue weighted by molar-refractivity contribution is 7.14. The molecule has 0 bridgehead atoms. The number of hydrogen-bond acceptors (Lipinski definition) is 3. The minimum absolute atomic E-state index is 0.0716. The van der Waals surface area contributed by atoms with Crippen molar-refractivity contribution in [1.82, 2.24) is 5.32 Å². The van der Waals surface area contributed by atoms with Crippen molar-refractivity contribution < 1.29 is 14.1 Å². The number of quaternary nitrogens is 1. The first-order valence-electron chi connectivity index (χ1n) is 9.09. The van der Waals surface area contributed by atoms with Crippen LogP contribution < -0.4 is 10.2 Å². The van der Waals surface area contributed by atoms with Gasteiger partial charge in [0.2, 0.25) is 0 Å². The van der Waals surface area contributed by atoms with Crippen LogP contribution in [0.4, 0.5) is 0 Å². The first-order chi connectivity index (χ1) is 11.8. The number of piperidine rings is 1. The van der Waals surface area contributed by atoms with E-state index in [-0.39, 0.29) is 11.9 Å². The van der Waals surface area contributed by atoms with E-state index in [1.807, 2.05) is 12.1 Å². The summed E-state index contributed by atoms with van der Waals surface area (Å²) in [6, 6.07) is 6.30. The Balaban J connectivity index is 1.43. The van der Waals surface area contributed by atoms with Crippen LogP contribution in [-0.4, -0.2) is 25.5 Å². The zero-order chi connectivity index (χ0) is 16.4. The Morgan fingerprint density at radius 3 is 2.88 bits per heavy atom. The Kier molecular flexibility index (Phi) is 4.72. The molecular weight excluding hydrogens is 320 g/mol. The average Bonchev–Trinajstić information content (AvgIpc) is 3.33. The number of amides is 1. The maximum atomic E-state index is 12.6. The Morgan fingerprint density at radius 1 is 1.25 bits per heavy atom. The minimum Gasteiger partial charge on any atom is -0.463 e. The molecular formula is C19H25N2O2S+. The van der Waals surface area contributed by atoms with Crippen LogP contribution in [0.15, 0.2) is 28.9 Å². The van der Waals surface area contributed by atoms with Gasteiger partial charge in [-0.1, -0.05) is 0 Å². The number of furan rings is 1. The van der Waals surface area contributed by atoms with Gasteiger partial charge in [-0.3, -0.25) is 4.79 Å². The van der Waals surface area contributed by atoms with E-state index >= 15 is 0 Å². The van der Waals surface area contributed by atoms with Crippen molar-refractivity contribution >= 4 is 17.2 Å². The number of thiophene rings is 1. The number of rotatable bonds is 5. The Morgan fingerprint density at radius 2 is 2.12 bits per heavy atom. The van der Waals surface area contributed by atoms with Gasteiger partial charge < -0.3 is 14.6 Å². The quantitative estimate of drug-likeness (QED) is 0.874. The van der Waals surface area contributed by atoms with Gasteiger partial charge in [-0.15, -0.1) is 11.3 Å². The average molecular weight is 345 g/mol. The van der Waals surface area contributed by atoms with E-state index in [0.29, 0.717) is 6.54 Å². The molecule has 128 valence electrons. The number of likely N-dealkylation sites (tertiary alicyclic amines) is 1. The lowest BCUT2D eigenvalue weighted by Gasteiger charge is -2.30. The van der Waals surface area contributed by atoms with Crippen LogP contribution >= 0.6 is 11.3 Å². The molecule has 0 radical (unpaired) electrons. The molecule has 2 aromatic heterocycles. The number of nitrogens with one attached hydrogen (secondary N) is 2. The van der Waals surface area contributed by atoms with Crippen LogP contribution in [0.5, 0.6) is 0 Å². The summed E-state index contributed by atoms with van der Waals surface area (Å²) >= 11 is 1.67. The fraction of sp³-hybridized carbons (Fsp3) is 0.526.